The zero-order chi connectivity index (χ0) is 19.9. The van der Waals surface area contributed by atoms with E-state index in [-0.39, 0.29) is 5.91 Å². The highest BCUT2D eigenvalue weighted by molar-refractivity contribution is 6.05. The molecule has 3 aromatic rings. The van der Waals surface area contributed by atoms with Crippen LogP contribution in [0.1, 0.15) is 21.5 Å². The highest BCUT2D eigenvalue weighted by Gasteiger charge is 2.12. The summed E-state index contributed by atoms with van der Waals surface area (Å²) in [4.78, 5) is 16.9. The first kappa shape index (κ1) is 19.2. The Bertz CT molecular complexity index is 973. The average Bonchev–Trinajstić information content (AvgIpc) is 2.72. The van der Waals surface area contributed by atoms with Crippen LogP contribution in [0, 0.1) is 6.92 Å². The van der Waals surface area contributed by atoms with Gasteiger partial charge < -0.3 is 20.1 Å². The zero-order valence-electron chi connectivity index (χ0n) is 16.2. The molecule has 0 bridgehead atoms. The van der Waals surface area contributed by atoms with Crippen molar-refractivity contribution in [3.63, 3.8) is 0 Å². The van der Waals surface area contributed by atoms with Crippen LogP contribution in [0.2, 0.25) is 0 Å². The van der Waals surface area contributed by atoms with E-state index < -0.39 is 0 Å². The summed E-state index contributed by atoms with van der Waals surface area (Å²) in [5.74, 6) is 1.57. The van der Waals surface area contributed by atoms with Crippen LogP contribution >= 0.6 is 0 Å². The number of hydrogen-bond donors (Lipinski definition) is 2. The maximum atomic E-state index is 12.7. The fraction of sp³-hybridized carbons (Fsp3) is 0.182. The van der Waals surface area contributed by atoms with E-state index in [1.165, 1.54) is 5.56 Å². The number of aryl methyl sites for hydroxylation is 1. The van der Waals surface area contributed by atoms with E-state index in [4.69, 9.17) is 9.47 Å². The fourth-order valence-electron chi connectivity index (χ4n) is 2.78. The van der Waals surface area contributed by atoms with Gasteiger partial charge in [-0.1, -0.05) is 29.8 Å². The zero-order valence-corrected chi connectivity index (χ0v) is 16.2. The van der Waals surface area contributed by atoms with E-state index in [2.05, 4.69) is 34.7 Å². The van der Waals surface area contributed by atoms with Gasteiger partial charge in [0.25, 0.3) is 5.91 Å². The second kappa shape index (κ2) is 8.90. The molecule has 0 fully saturated rings. The lowest BCUT2D eigenvalue weighted by atomic mass is 10.1. The molecule has 144 valence electrons. The molecule has 0 saturated heterocycles. The molecule has 0 saturated carbocycles. The fourth-order valence-corrected chi connectivity index (χ4v) is 2.78. The van der Waals surface area contributed by atoms with E-state index in [0.717, 1.165) is 5.56 Å². The van der Waals surface area contributed by atoms with Crippen LogP contribution in [0.4, 0.5) is 11.5 Å². The monoisotopic (exact) mass is 377 g/mol. The average molecular weight is 377 g/mol. The molecule has 3 rings (SSSR count). The number of methoxy groups -OCH3 is 2. The second-order valence-electron chi connectivity index (χ2n) is 6.29. The Labute approximate surface area is 164 Å². The summed E-state index contributed by atoms with van der Waals surface area (Å²) in [7, 11) is 3.12. The van der Waals surface area contributed by atoms with Gasteiger partial charge in [-0.25, -0.2) is 4.98 Å². The maximum Gasteiger partial charge on any atom is 0.255 e. The van der Waals surface area contributed by atoms with E-state index in [9.17, 15) is 4.79 Å². The first-order chi connectivity index (χ1) is 13.6. The smallest absolute Gasteiger partial charge is 0.255 e. The Morgan fingerprint density at radius 3 is 2.64 bits per heavy atom. The van der Waals surface area contributed by atoms with Crippen molar-refractivity contribution < 1.29 is 14.3 Å². The van der Waals surface area contributed by atoms with Crippen molar-refractivity contribution >= 4 is 17.4 Å². The predicted molar refractivity (Wildman–Crippen MR) is 110 cm³/mol. The molecule has 2 aromatic carbocycles. The van der Waals surface area contributed by atoms with Gasteiger partial charge in [-0.05, 0) is 36.8 Å². The number of ether oxygens (including phenoxy) is 2. The number of rotatable bonds is 7. The standard InChI is InChI=1S/C22H23N3O3/c1-15-5-4-6-16(11-15)14-24-21-12-17(9-10-23-21)22(26)25-19-8-7-18(27-2)13-20(19)28-3/h4-13H,14H2,1-3H3,(H,23,24)(H,25,26). The van der Waals surface area contributed by atoms with Crippen molar-refractivity contribution in [2.75, 3.05) is 24.9 Å². The maximum absolute atomic E-state index is 12.7. The van der Waals surface area contributed by atoms with Gasteiger partial charge in [-0.15, -0.1) is 0 Å². The number of amides is 1. The largest absolute Gasteiger partial charge is 0.497 e. The highest BCUT2D eigenvalue weighted by atomic mass is 16.5. The molecule has 0 spiro atoms. The van der Waals surface area contributed by atoms with Crippen LogP contribution in [-0.4, -0.2) is 25.1 Å². The van der Waals surface area contributed by atoms with Crippen LogP contribution in [0.25, 0.3) is 0 Å². The number of anilines is 2. The molecule has 1 heterocycles. The van der Waals surface area contributed by atoms with Crippen LogP contribution in [0.15, 0.2) is 60.8 Å². The lowest BCUT2D eigenvalue weighted by Gasteiger charge is -2.12. The lowest BCUT2D eigenvalue weighted by Crippen LogP contribution is -2.13. The van der Waals surface area contributed by atoms with E-state index >= 15 is 0 Å². The normalized spacial score (nSPS) is 10.2. The summed E-state index contributed by atoms with van der Waals surface area (Å²) >= 11 is 0. The Morgan fingerprint density at radius 1 is 1.04 bits per heavy atom. The van der Waals surface area contributed by atoms with Gasteiger partial charge in [0.15, 0.2) is 0 Å². The van der Waals surface area contributed by atoms with E-state index in [1.807, 2.05) is 12.1 Å². The summed E-state index contributed by atoms with van der Waals surface area (Å²) in [5.41, 5.74) is 3.42. The SMILES string of the molecule is COc1ccc(NC(=O)c2ccnc(NCc3cccc(C)c3)c2)c(OC)c1. The van der Waals surface area contributed by atoms with Crippen molar-refractivity contribution in [1.29, 1.82) is 0 Å². The third kappa shape index (κ3) is 4.79. The van der Waals surface area contributed by atoms with Gasteiger partial charge in [0.2, 0.25) is 0 Å². The molecule has 0 radical (unpaired) electrons. The number of hydrogen-bond acceptors (Lipinski definition) is 5. The summed E-state index contributed by atoms with van der Waals surface area (Å²) in [6.45, 7) is 2.69. The number of nitrogens with one attached hydrogen (secondary N) is 2. The third-order valence-electron chi connectivity index (χ3n) is 4.24. The molecule has 0 unspecified atom stereocenters. The van der Waals surface area contributed by atoms with Crippen molar-refractivity contribution in [3.8, 4) is 11.5 Å². The summed E-state index contributed by atoms with van der Waals surface area (Å²) in [6.07, 6.45) is 1.61. The molecule has 0 aliphatic rings. The lowest BCUT2D eigenvalue weighted by molar-refractivity contribution is 0.102. The first-order valence-corrected chi connectivity index (χ1v) is 8.88. The van der Waals surface area contributed by atoms with Crippen molar-refractivity contribution in [2.45, 2.75) is 13.5 Å². The number of aromatic nitrogens is 1. The Morgan fingerprint density at radius 2 is 1.89 bits per heavy atom. The van der Waals surface area contributed by atoms with Crippen LogP contribution in [0.3, 0.4) is 0 Å². The number of carbonyl (C=O) groups excluding carboxylic acids is 1. The van der Waals surface area contributed by atoms with E-state index in [1.54, 1.807) is 50.7 Å². The van der Waals surface area contributed by atoms with Crippen LogP contribution in [-0.2, 0) is 6.54 Å². The Kier molecular flexibility index (Phi) is 6.11. The minimum absolute atomic E-state index is 0.246. The number of nitrogens with zero attached hydrogens (tertiary/aromatic N) is 1. The van der Waals surface area contributed by atoms with Gasteiger partial charge >= 0.3 is 0 Å². The summed E-state index contributed by atoms with van der Waals surface area (Å²) < 4.78 is 10.5. The first-order valence-electron chi connectivity index (χ1n) is 8.88. The minimum atomic E-state index is -0.246. The molecule has 6 heteroatoms. The number of carbonyl (C=O) groups is 1. The van der Waals surface area contributed by atoms with Gasteiger partial charge in [-0.3, -0.25) is 4.79 Å². The molecule has 0 aliphatic heterocycles. The summed E-state index contributed by atoms with van der Waals surface area (Å²) in [6, 6.07) is 16.9. The van der Waals surface area contributed by atoms with Gasteiger partial charge in [0, 0.05) is 24.4 Å². The van der Waals surface area contributed by atoms with Crippen LogP contribution < -0.4 is 20.1 Å². The molecule has 1 aromatic heterocycles. The molecule has 6 nitrogen and oxygen atoms in total. The second-order valence-corrected chi connectivity index (χ2v) is 6.29. The third-order valence-corrected chi connectivity index (χ3v) is 4.24. The Hall–Kier alpha value is -3.54. The van der Waals surface area contributed by atoms with Crippen LogP contribution in [0.5, 0.6) is 11.5 Å². The van der Waals surface area contributed by atoms with Crippen molar-refractivity contribution in [3.05, 3.63) is 77.5 Å². The quantitative estimate of drug-likeness (QED) is 0.643. The van der Waals surface area contributed by atoms with Crippen molar-refractivity contribution in [1.82, 2.24) is 4.98 Å². The Balaban J connectivity index is 1.70. The molecular weight excluding hydrogens is 354 g/mol. The number of pyridine rings is 1. The van der Waals surface area contributed by atoms with Crippen molar-refractivity contribution in [2.24, 2.45) is 0 Å². The molecular formula is C22H23N3O3. The molecule has 28 heavy (non-hydrogen) atoms. The van der Waals surface area contributed by atoms with Gasteiger partial charge in [0.1, 0.15) is 17.3 Å². The molecule has 2 N–H and O–H groups in total. The predicted octanol–water partition coefficient (Wildman–Crippen LogP) is 4.27. The topological polar surface area (TPSA) is 72.5 Å². The van der Waals surface area contributed by atoms with Gasteiger partial charge in [-0.2, -0.15) is 0 Å². The molecule has 0 aliphatic carbocycles. The number of benzene rings is 2. The van der Waals surface area contributed by atoms with E-state index in [0.29, 0.717) is 35.1 Å². The molecule has 0 atom stereocenters. The van der Waals surface area contributed by atoms with Gasteiger partial charge in [0.05, 0.1) is 19.9 Å². The summed E-state index contributed by atoms with van der Waals surface area (Å²) in [5, 5.41) is 6.12. The highest BCUT2D eigenvalue weighted by Crippen LogP contribution is 2.29. The molecule has 1 amide bonds. The minimum Gasteiger partial charge on any atom is -0.497 e.